The average molecular weight is 343 g/mol. The third-order valence-corrected chi connectivity index (χ3v) is 4.08. The minimum atomic E-state index is -0.682. The zero-order valence-corrected chi connectivity index (χ0v) is 12.9. The third kappa shape index (κ3) is 2.44. The van der Waals surface area contributed by atoms with Crippen LogP contribution in [0.2, 0.25) is 0 Å². The molecule has 0 bridgehead atoms. The van der Waals surface area contributed by atoms with Crippen molar-refractivity contribution < 1.29 is 14.0 Å². The Morgan fingerprint density at radius 2 is 2.00 bits per heavy atom. The summed E-state index contributed by atoms with van der Waals surface area (Å²) in [4.78, 5) is 25.9. The van der Waals surface area contributed by atoms with Crippen molar-refractivity contribution in [2.24, 2.45) is 0 Å². The monoisotopic (exact) mass is 342 g/mol. The first-order valence-electron chi connectivity index (χ1n) is 6.58. The summed E-state index contributed by atoms with van der Waals surface area (Å²) in [6.45, 7) is 3.61. The van der Waals surface area contributed by atoms with E-state index in [0.29, 0.717) is 17.3 Å². The molecule has 2 atom stereocenters. The number of halogens is 2. The Morgan fingerprint density at radius 3 is 2.55 bits per heavy atom. The van der Waals surface area contributed by atoms with Crippen molar-refractivity contribution in [1.29, 1.82) is 0 Å². The first kappa shape index (κ1) is 15.0. The van der Waals surface area contributed by atoms with Gasteiger partial charge in [0.25, 0.3) is 0 Å². The largest absolute Gasteiger partial charge is 0.342 e. The van der Waals surface area contributed by atoms with Crippen LogP contribution < -0.4 is 10.2 Å². The van der Waals surface area contributed by atoms with E-state index >= 15 is 0 Å². The van der Waals surface area contributed by atoms with E-state index in [4.69, 9.17) is 0 Å². The molecular formula is C14H16BrFN2O2. The Bertz CT molecular complexity index is 530. The number of hydrogen-bond acceptors (Lipinski definition) is 2. The number of carbonyl (C=O) groups is 2. The van der Waals surface area contributed by atoms with Crippen LogP contribution in [0.3, 0.4) is 0 Å². The summed E-state index contributed by atoms with van der Waals surface area (Å²) in [5, 5.41) is 2.69. The predicted octanol–water partition coefficient (Wildman–Crippen LogP) is 2.61. The van der Waals surface area contributed by atoms with Gasteiger partial charge in [0.15, 0.2) is 0 Å². The number of rotatable bonds is 3. The average Bonchev–Trinajstić information content (AvgIpc) is 2.42. The number of nitrogens with zero attached hydrogens (tertiary/aromatic N) is 1. The van der Waals surface area contributed by atoms with Crippen molar-refractivity contribution in [1.82, 2.24) is 5.32 Å². The molecule has 6 heteroatoms. The minimum absolute atomic E-state index is 0.137. The van der Waals surface area contributed by atoms with Crippen LogP contribution in [0.5, 0.6) is 0 Å². The first-order valence-corrected chi connectivity index (χ1v) is 7.38. The van der Waals surface area contributed by atoms with E-state index in [9.17, 15) is 14.0 Å². The fraction of sp³-hybridized carbons (Fsp3) is 0.429. The fourth-order valence-electron chi connectivity index (χ4n) is 2.40. The lowest BCUT2D eigenvalue weighted by atomic mass is 10.0. The summed E-state index contributed by atoms with van der Waals surface area (Å²) in [5.41, 5.74) is 0.137. The maximum Gasteiger partial charge on any atom is 0.250 e. The highest BCUT2D eigenvalue weighted by Crippen LogP contribution is 2.33. The van der Waals surface area contributed by atoms with Gasteiger partial charge in [-0.2, -0.15) is 0 Å². The second-order valence-electron chi connectivity index (χ2n) is 4.67. The van der Waals surface area contributed by atoms with Gasteiger partial charge in [-0.25, -0.2) is 4.39 Å². The van der Waals surface area contributed by atoms with Gasteiger partial charge >= 0.3 is 0 Å². The van der Waals surface area contributed by atoms with Crippen molar-refractivity contribution in [2.75, 3.05) is 4.90 Å². The molecular weight excluding hydrogens is 327 g/mol. The molecule has 0 aliphatic carbocycles. The molecule has 1 fully saturated rings. The summed E-state index contributed by atoms with van der Waals surface area (Å²) in [6.07, 6.45) is 0.901. The molecule has 0 spiro atoms. The molecule has 2 rings (SSSR count). The van der Waals surface area contributed by atoms with Crippen LogP contribution in [-0.2, 0) is 9.59 Å². The zero-order chi connectivity index (χ0) is 14.9. The summed E-state index contributed by atoms with van der Waals surface area (Å²) >= 11 is 3.26. The highest BCUT2D eigenvalue weighted by Gasteiger charge is 2.41. The van der Waals surface area contributed by atoms with Crippen LogP contribution >= 0.6 is 15.9 Å². The molecule has 1 aliphatic rings. The van der Waals surface area contributed by atoms with Crippen molar-refractivity contribution >= 4 is 33.4 Å². The number of amides is 2. The van der Waals surface area contributed by atoms with Crippen molar-refractivity contribution in [3.8, 4) is 0 Å². The molecule has 2 amide bonds. The highest BCUT2D eigenvalue weighted by molar-refractivity contribution is 9.10. The Balaban J connectivity index is 2.54. The fourth-order valence-corrected chi connectivity index (χ4v) is 2.93. The van der Waals surface area contributed by atoms with Crippen molar-refractivity contribution in [2.45, 2.75) is 38.8 Å². The van der Waals surface area contributed by atoms with Gasteiger partial charge in [-0.05, 0) is 40.9 Å². The van der Waals surface area contributed by atoms with Gasteiger partial charge in [0, 0.05) is 4.47 Å². The van der Waals surface area contributed by atoms with Gasteiger partial charge in [-0.15, -0.1) is 0 Å². The van der Waals surface area contributed by atoms with Crippen LogP contribution in [0.1, 0.15) is 26.7 Å². The van der Waals surface area contributed by atoms with Crippen LogP contribution in [0.4, 0.5) is 10.1 Å². The summed E-state index contributed by atoms with van der Waals surface area (Å²) in [6, 6.07) is 3.21. The van der Waals surface area contributed by atoms with Gasteiger partial charge < -0.3 is 5.32 Å². The number of nitrogens with one attached hydrogen (secondary N) is 1. The smallest absolute Gasteiger partial charge is 0.250 e. The zero-order valence-electron chi connectivity index (χ0n) is 11.3. The molecule has 4 nitrogen and oxygen atoms in total. The number of piperazine rings is 1. The molecule has 1 saturated heterocycles. The molecule has 0 radical (unpaired) electrons. The topological polar surface area (TPSA) is 49.4 Å². The molecule has 1 aromatic rings. The highest BCUT2D eigenvalue weighted by atomic mass is 79.9. The van der Waals surface area contributed by atoms with E-state index in [0.717, 1.165) is 0 Å². The Hall–Kier alpha value is -1.43. The van der Waals surface area contributed by atoms with Crippen molar-refractivity contribution in [3.05, 3.63) is 28.5 Å². The van der Waals surface area contributed by atoms with Crippen LogP contribution in [-0.4, -0.2) is 23.9 Å². The third-order valence-electron chi connectivity index (χ3n) is 3.44. The number of carbonyl (C=O) groups excluding carboxylic acids is 2. The van der Waals surface area contributed by atoms with Gasteiger partial charge in [0.1, 0.15) is 17.9 Å². The summed E-state index contributed by atoms with van der Waals surface area (Å²) in [5.74, 6) is -1.03. The maximum atomic E-state index is 14.1. The van der Waals surface area contributed by atoms with Crippen LogP contribution in [0, 0.1) is 5.82 Å². The molecule has 1 heterocycles. The molecule has 1 N–H and O–H groups in total. The van der Waals surface area contributed by atoms with E-state index in [2.05, 4.69) is 21.2 Å². The van der Waals surface area contributed by atoms with Crippen LogP contribution in [0.15, 0.2) is 22.7 Å². The number of anilines is 1. The summed E-state index contributed by atoms with van der Waals surface area (Å²) in [7, 11) is 0. The Labute approximate surface area is 125 Å². The number of para-hydroxylation sites is 1. The maximum absolute atomic E-state index is 14.1. The van der Waals surface area contributed by atoms with Gasteiger partial charge in [-0.3, -0.25) is 14.5 Å². The summed E-state index contributed by atoms with van der Waals surface area (Å²) < 4.78 is 14.6. The Morgan fingerprint density at radius 1 is 1.30 bits per heavy atom. The van der Waals surface area contributed by atoms with E-state index < -0.39 is 17.9 Å². The lowest BCUT2D eigenvalue weighted by Crippen LogP contribution is -2.63. The first-order chi connectivity index (χ1) is 9.51. The predicted molar refractivity (Wildman–Crippen MR) is 77.9 cm³/mol. The minimum Gasteiger partial charge on any atom is -0.342 e. The van der Waals surface area contributed by atoms with E-state index in [1.165, 1.54) is 11.0 Å². The van der Waals surface area contributed by atoms with Crippen molar-refractivity contribution in [3.63, 3.8) is 0 Å². The standard InChI is InChI=1S/C14H16BrFN2O2/c1-3-10-14(20)18(11(4-2)13(19)17-10)12-8(15)6-5-7-9(12)16/h5-7,10-11H,3-4H2,1-2H3,(H,17,19). The normalized spacial score (nSPS) is 22.9. The van der Waals surface area contributed by atoms with Gasteiger partial charge in [-0.1, -0.05) is 19.9 Å². The Kier molecular flexibility index (Phi) is 4.42. The number of hydrogen-bond donors (Lipinski definition) is 1. The van der Waals surface area contributed by atoms with Gasteiger partial charge in [0.05, 0.1) is 5.69 Å². The lowest BCUT2D eigenvalue weighted by Gasteiger charge is -2.38. The van der Waals surface area contributed by atoms with Gasteiger partial charge in [0.2, 0.25) is 11.8 Å². The SMILES string of the molecule is CCC1NC(=O)C(CC)N(c2c(F)cccc2Br)C1=O. The molecule has 20 heavy (non-hydrogen) atoms. The quantitative estimate of drug-likeness (QED) is 0.917. The molecule has 1 aromatic carbocycles. The lowest BCUT2D eigenvalue weighted by molar-refractivity contribution is -0.134. The number of benzene rings is 1. The molecule has 1 aliphatic heterocycles. The van der Waals surface area contributed by atoms with E-state index in [1.807, 2.05) is 6.92 Å². The molecule has 0 aromatic heterocycles. The second-order valence-corrected chi connectivity index (χ2v) is 5.53. The molecule has 108 valence electrons. The van der Waals surface area contributed by atoms with Crippen LogP contribution in [0.25, 0.3) is 0 Å². The van der Waals surface area contributed by atoms with E-state index in [1.54, 1.807) is 19.1 Å². The van der Waals surface area contributed by atoms with E-state index in [-0.39, 0.29) is 17.5 Å². The second kappa shape index (κ2) is 5.91. The molecule has 0 saturated carbocycles. The molecule has 2 unspecified atom stereocenters.